The van der Waals surface area contributed by atoms with Crippen LogP contribution in [0.4, 0.5) is 5.69 Å². The molecular formula is C13H13ClN2O. The topological polar surface area (TPSA) is 44.1 Å². The molecule has 0 radical (unpaired) electrons. The highest BCUT2D eigenvalue weighted by atomic mass is 35.5. The van der Waals surface area contributed by atoms with Crippen LogP contribution in [-0.4, -0.2) is 11.9 Å². The minimum atomic E-state index is -0.234. The molecule has 0 aromatic heterocycles. The lowest BCUT2D eigenvalue weighted by molar-refractivity contribution is -0.117. The molecule has 0 saturated carbocycles. The summed E-state index contributed by atoms with van der Waals surface area (Å²) in [6, 6.07) is 7.62. The zero-order valence-electron chi connectivity index (χ0n) is 9.77. The van der Waals surface area contributed by atoms with Crippen molar-refractivity contribution in [2.75, 3.05) is 4.90 Å². The summed E-state index contributed by atoms with van der Waals surface area (Å²) < 4.78 is 0. The first-order valence-electron chi connectivity index (χ1n) is 5.52. The van der Waals surface area contributed by atoms with Crippen molar-refractivity contribution in [3.63, 3.8) is 0 Å². The van der Waals surface area contributed by atoms with Crippen molar-refractivity contribution in [2.24, 2.45) is 5.92 Å². The van der Waals surface area contributed by atoms with Crippen LogP contribution in [0.2, 0.25) is 5.02 Å². The van der Waals surface area contributed by atoms with Crippen molar-refractivity contribution in [2.45, 2.75) is 26.3 Å². The van der Waals surface area contributed by atoms with E-state index in [2.05, 4.69) is 6.07 Å². The molecular weight excluding hydrogens is 236 g/mol. The van der Waals surface area contributed by atoms with Crippen molar-refractivity contribution in [1.29, 1.82) is 5.26 Å². The number of nitrogens with zero attached hydrogens (tertiary/aromatic N) is 2. The Morgan fingerprint density at radius 3 is 2.76 bits per heavy atom. The van der Waals surface area contributed by atoms with E-state index in [9.17, 15) is 4.79 Å². The number of nitriles is 1. The average molecular weight is 249 g/mol. The maximum absolute atomic E-state index is 11.9. The predicted molar refractivity (Wildman–Crippen MR) is 66.9 cm³/mol. The van der Waals surface area contributed by atoms with Gasteiger partial charge in [0.1, 0.15) is 0 Å². The Hall–Kier alpha value is -1.53. The van der Waals surface area contributed by atoms with Crippen LogP contribution in [0.1, 0.15) is 18.9 Å². The van der Waals surface area contributed by atoms with Crippen LogP contribution in [0.25, 0.3) is 0 Å². The van der Waals surface area contributed by atoms with Crippen LogP contribution in [0.3, 0.4) is 0 Å². The fourth-order valence-electron chi connectivity index (χ4n) is 2.13. The molecule has 2 rings (SSSR count). The highest BCUT2D eigenvalue weighted by Crippen LogP contribution is 2.32. The van der Waals surface area contributed by atoms with Gasteiger partial charge in [-0.25, -0.2) is 0 Å². The van der Waals surface area contributed by atoms with E-state index in [-0.39, 0.29) is 17.9 Å². The van der Waals surface area contributed by atoms with Crippen LogP contribution in [0, 0.1) is 24.2 Å². The molecule has 17 heavy (non-hydrogen) atoms. The molecule has 0 spiro atoms. The maximum Gasteiger partial charge on any atom is 0.228 e. The van der Waals surface area contributed by atoms with E-state index in [1.807, 2.05) is 26.0 Å². The molecule has 3 nitrogen and oxygen atoms in total. The Bertz CT molecular complexity index is 507. The van der Waals surface area contributed by atoms with Gasteiger partial charge in [0.15, 0.2) is 0 Å². The van der Waals surface area contributed by atoms with Crippen molar-refractivity contribution in [3.8, 4) is 6.07 Å². The largest absolute Gasteiger partial charge is 0.308 e. The standard InChI is InChI=1S/C13H13ClN2O/c1-8-3-4-11(6-12(8)14)16-9(2)10(7-15)5-13(16)17/h3-4,6,9-10H,5H2,1-2H3. The van der Waals surface area contributed by atoms with Crippen LogP contribution < -0.4 is 4.90 Å². The summed E-state index contributed by atoms with van der Waals surface area (Å²) in [6.07, 6.45) is 0.295. The number of amides is 1. The number of carbonyl (C=O) groups is 1. The number of hydrogen-bond donors (Lipinski definition) is 0. The van der Waals surface area contributed by atoms with Gasteiger partial charge in [0.2, 0.25) is 5.91 Å². The second kappa shape index (κ2) is 4.38. The van der Waals surface area contributed by atoms with E-state index >= 15 is 0 Å². The molecule has 0 bridgehead atoms. The number of carbonyl (C=O) groups excluding carboxylic acids is 1. The van der Waals surface area contributed by atoms with Crippen LogP contribution in [-0.2, 0) is 4.79 Å². The molecule has 2 atom stereocenters. The predicted octanol–water partition coefficient (Wildman–Crippen LogP) is 2.91. The van der Waals surface area contributed by atoms with Crippen molar-refractivity contribution >= 4 is 23.2 Å². The molecule has 1 aliphatic heterocycles. The van der Waals surface area contributed by atoms with Crippen molar-refractivity contribution in [3.05, 3.63) is 28.8 Å². The highest BCUT2D eigenvalue weighted by Gasteiger charge is 2.37. The number of halogens is 1. The summed E-state index contributed by atoms with van der Waals surface area (Å²) in [4.78, 5) is 13.5. The summed E-state index contributed by atoms with van der Waals surface area (Å²) in [5.41, 5.74) is 1.75. The quantitative estimate of drug-likeness (QED) is 0.767. The van der Waals surface area contributed by atoms with Gasteiger partial charge in [0.05, 0.1) is 18.0 Å². The lowest BCUT2D eigenvalue weighted by atomic mass is 10.0. The first kappa shape index (κ1) is 11.9. The van der Waals surface area contributed by atoms with Crippen LogP contribution in [0.15, 0.2) is 18.2 Å². The molecule has 1 aliphatic rings. The first-order valence-corrected chi connectivity index (χ1v) is 5.90. The Morgan fingerprint density at radius 2 is 2.24 bits per heavy atom. The van der Waals surface area contributed by atoms with Gasteiger partial charge in [-0.1, -0.05) is 17.7 Å². The van der Waals surface area contributed by atoms with E-state index in [4.69, 9.17) is 16.9 Å². The van der Waals surface area contributed by atoms with Gasteiger partial charge in [-0.3, -0.25) is 4.79 Å². The highest BCUT2D eigenvalue weighted by molar-refractivity contribution is 6.31. The monoisotopic (exact) mass is 248 g/mol. The van der Waals surface area contributed by atoms with Gasteiger partial charge >= 0.3 is 0 Å². The fraction of sp³-hybridized carbons (Fsp3) is 0.385. The van der Waals surface area contributed by atoms with Gasteiger partial charge in [-0.15, -0.1) is 0 Å². The lowest BCUT2D eigenvalue weighted by Crippen LogP contribution is -2.32. The summed E-state index contributed by atoms with van der Waals surface area (Å²) in [7, 11) is 0. The SMILES string of the molecule is Cc1ccc(N2C(=O)CC(C#N)C2C)cc1Cl. The van der Waals surface area contributed by atoms with Gasteiger partial charge in [-0.2, -0.15) is 5.26 Å². The molecule has 1 aromatic carbocycles. The summed E-state index contributed by atoms with van der Waals surface area (Å²) in [5.74, 6) is -0.244. The third kappa shape index (κ3) is 2.01. The molecule has 1 saturated heterocycles. The molecule has 1 fully saturated rings. The van der Waals surface area contributed by atoms with Gasteiger partial charge < -0.3 is 4.90 Å². The van der Waals surface area contributed by atoms with Gasteiger partial charge in [-0.05, 0) is 31.5 Å². The summed E-state index contributed by atoms with van der Waals surface area (Å²) >= 11 is 6.05. The van der Waals surface area contributed by atoms with E-state index < -0.39 is 0 Å². The van der Waals surface area contributed by atoms with Crippen molar-refractivity contribution < 1.29 is 4.79 Å². The lowest BCUT2D eigenvalue weighted by Gasteiger charge is -2.23. The summed E-state index contributed by atoms with van der Waals surface area (Å²) in [6.45, 7) is 3.81. The number of hydrogen-bond acceptors (Lipinski definition) is 2. The molecule has 1 aromatic rings. The Kier molecular flexibility index (Phi) is 3.08. The molecule has 1 amide bonds. The zero-order chi connectivity index (χ0) is 12.6. The Morgan fingerprint density at radius 1 is 1.53 bits per heavy atom. The average Bonchev–Trinajstić information content (AvgIpc) is 2.58. The first-order chi connectivity index (χ1) is 8.04. The number of rotatable bonds is 1. The molecule has 4 heteroatoms. The minimum absolute atomic E-state index is 0.0102. The zero-order valence-corrected chi connectivity index (χ0v) is 10.5. The molecule has 88 valence electrons. The Balaban J connectivity index is 2.37. The van der Waals surface area contributed by atoms with E-state index in [0.29, 0.717) is 11.4 Å². The fourth-order valence-corrected chi connectivity index (χ4v) is 2.30. The summed E-state index contributed by atoms with van der Waals surface area (Å²) in [5, 5.41) is 9.60. The van der Waals surface area contributed by atoms with Gasteiger partial charge in [0, 0.05) is 17.1 Å². The second-order valence-corrected chi connectivity index (χ2v) is 4.78. The number of anilines is 1. The van der Waals surface area contributed by atoms with E-state index in [0.717, 1.165) is 11.3 Å². The number of aryl methyl sites for hydroxylation is 1. The molecule has 0 N–H and O–H groups in total. The van der Waals surface area contributed by atoms with Crippen LogP contribution in [0.5, 0.6) is 0 Å². The van der Waals surface area contributed by atoms with Crippen LogP contribution >= 0.6 is 11.6 Å². The molecule has 0 aliphatic carbocycles. The smallest absolute Gasteiger partial charge is 0.228 e. The number of benzene rings is 1. The van der Waals surface area contributed by atoms with E-state index in [1.54, 1.807) is 11.0 Å². The molecule has 1 heterocycles. The third-order valence-electron chi connectivity index (χ3n) is 3.25. The van der Waals surface area contributed by atoms with Crippen molar-refractivity contribution in [1.82, 2.24) is 0 Å². The third-order valence-corrected chi connectivity index (χ3v) is 3.66. The van der Waals surface area contributed by atoms with E-state index in [1.165, 1.54) is 0 Å². The Labute approximate surface area is 106 Å². The normalized spacial score (nSPS) is 23.9. The molecule has 2 unspecified atom stereocenters. The second-order valence-electron chi connectivity index (χ2n) is 4.38. The maximum atomic E-state index is 11.9. The minimum Gasteiger partial charge on any atom is -0.308 e. The van der Waals surface area contributed by atoms with Gasteiger partial charge in [0.25, 0.3) is 0 Å².